The van der Waals surface area contributed by atoms with Crippen LogP contribution in [0.2, 0.25) is 0 Å². The first-order valence-electron chi connectivity index (χ1n) is 11.1. The van der Waals surface area contributed by atoms with Gasteiger partial charge in [0.15, 0.2) is 10.8 Å². The van der Waals surface area contributed by atoms with Gasteiger partial charge in [-0.1, -0.05) is 6.07 Å². The third-order valence-electron chi connectivity index (χ3n) is 6.08. The molecule has 0 aliphatic heterocycles. The molecule has 34 heavy (non-hydrogen) atoms. The lowest BCUT2D eigenvalue weighted by molar-refractivity contribution is 0.102. The van der Waals surface area contributed by atoms with Crippen LogP contribution in [0.25, 0.3) is 22.0 Å². The fraction of sp³-hybridized carbons (Fsp3) is 0.292. The number of carbonyl (C=O) groups is 1. The molecule has 1 amide bonds. The van der Waals surface area contributed by atoms with Crippen molar-refractivity contribution in [3.05, 3.63) is 59.2 Å². The first-order valence-corrected chi connectivity index (χ1v) is 12.0. The number of nitrogens with one attached hydrogen (secondary N) is 1. The molecule has 8 nitrogen and oxygen atoms in total. The summed E-state index contributed by atoms with van der Waals surface area (Å²) in [5, 5.41) is 13.2. The molecule has 0 spiro atoms. The van der Waals surface area contributed by atoms with Gasteiger partial charge >= 0.3 is 0 Å². The van der Waals surface area contributed by atoms with E-state index in [1.165, 1.54) is 30.6 Å². The molecule has 0 bridgehead atoms. The van der Waals surface area contributed by atoms with E-state index in [1.54, 1.807) is 17.9 Å². The Morgan fingerprint density at radius 2 is 2.09 bits per heavy atom. The van der Waals surface area contributed by atoms with Crippen LogP contribution in [-0.2, 0) is 0 Å². The predicted molar refractivity (Wildman–Crippen MR) is 126 cm³/mol. The van der Waals surface area contributed by atoms with Gasteiger partial charge in [0.1, 0.15) is 23.7 Å². The molecule has 2 aliphatic carbocycles. The molecule has 2 fully saturated rings. The minimum Gasteiger partial charge on any atom is -0.496 e. The zero-order chi connectivity index (χ0) is 23.2. The van der Waals surface area contributed by atoms with Gasteiger partial charge < -0.3 is 14.6 Å². The number of benzene rings is 1. The van der Waals surface area contributed by atoms with E-state index in [-0.39, 0.29) is 5.56 Å². The quantitative estimate of drug-likeness (QED) is 0.400. The average molecular weight is 477 g/mol. The minimum atomic E-state index is -0.676. The number of anilines is 1. The van der Waals surface area contributed by atoms with E-state index < -0.39 is 11.7 Å². The minimum absolute atomic E-state index is 0.0993. The number of methoxy groups -OCH3 is 1. The molecule has 0 radical (unpaired) electrons. The van der Waals surface area contributed by atoms with Crippen LogP contribution >= 0.6 is 11.3 Å². The number of ether oxygens (including phenoxy) is 1. The molecule has 172 valence electrons. The topological polar surface area (TPSA) is 94.8 Å². The fourth-order valence-corrected chi connectivity index (χ4v) is 4.68. The number of thiazole rings is 1. The van der Waals surface area contributed by atoms with Crippen molar-refractivity contribution >= 4 is 23.1 Å². The Hall–Kier alpha value is -3.66. The van der Waals surface area contributed by atoms with Crippen molar-refractivity contribution in [1.82, 2.24) is 24.7 Å². The smallest absolute Gasteiger partial charge is 0.259 e. The van der Waals surface area contributed by atoms with Gasteiger partial charge in [0.05, 0.1) is 12.7 Å². The van der Waals surface area contributed by atoms with Crippen molar-refractivity contribution in [3.8, 4) is 27.7 Å². The van der Waals surface area contributed by atoms with Crippen LogP contribution in [0, 0.1) is 5.82 Å². The summed E-state index contributed by atoms with van der Waals surface area (Å²) in [4.78, 5) is 22.0. The van der Waals surface area contributed by atoms with Gasteiger partial charge in [0.2, 0.25) is 0 Å². The molecule has 2 saturated carbocycles. The molecule has 3 aromatic heterocycles. The second-order valence-electron chi connectivity index (χ2n) is 8.56. The van der Waals surface area contributed by atoms with Crippen molar-refractivity contribution in [2.45, 2.75) is 37.6 Å². The second-order valence-corrected chi connectivity index (χ2v) is 9.42. The van der Waals surface area contributed by atoms with Crippen molar-refractivity contribution < 1.29 is 13.9 Å². The number of nitrogens with zero attached hydrogens (tertiary/aromatic N) is 5. The number of hydrogen-bond donors (Lipinski definition) is 1. The van der Waals surface area contributed by atoms with E-state index in [2.05, 4.69) is 25.5 Å². The summed E-state index contributed by atoms with van der Waals surface area (Å²) in [6.07, 6.45) is 7.96. The number of pyridine rings is 1. The van der Waals surface area contributed by atoms with Gasteiger partial charge in [-0.15, -0.1) is 21.5 Å². The van der Waals surface area contributed by atoms with Crippen molar-refractivity contribution in [3.63, 3.8) is 0 Å². The van der Waals surface area contributed by atoms with E-state index in [9.17, 15) is 9.18 Å². The standard InChI is InChI=1S/C24H21FN6O2S/c1-33-20-9-18(25)17(8-16(20)14-4-7-19(26-10-14)13-2-3-13)23(32)28-21-11-34-24(29-21)22-30-27-12-31(22)15-5-6-15/h4,7-13,15H,2-3,5-6H2,1H3,(H,28,32). The first kappa shape index (κ1) is 20.9. The predicted octanol–water partition coefficient (Wildman–Crippen LogP) is 5.08. The van der Waals surface area contributed by atoms with E-state index in [4.69, 9.17) is 4.74 Å². The third-order valence-corrected chi connectivity index (χ3v) is 6.92. The SMILES string of the molecule is COc1cc(F)c(C(=O)Nc2csc(-c3nncn3C3CC3)n2)cc1-c1ccc(C2CC2)nc1. The number of hydrogen-bond acceptors (Lipinski definition) is 7. The first-order chi connectivity index (χ1) is 16.6. The Bertz CT molecular complexity index is 1370. The summed E-state index contributed by atoms with van der Waals surface area (Å²) in [7, 11) is 1.47. The van der Waals surface area contributed by atoms with Gasteiger partial charge in [-0.2, -0.15) is 0 Å². The molecule has 4 aromatic rings. The number of aromatic nitrogens is 5. The lowest BCUT2D eigenvalue weighted by atomic mass is 10.0. The summed E-state index contributed by atoms with van der Waals surface area (Å²) < 4.78 is 22.2. The van der Waals surface area contributed by atoms with Crippen LogP contribution in [0.5, 0.6) is 5.75 Å². The van der Waals surface area contributed by atoms with E-state index in [1.807, 2.05) is 16.7 Å². The highest BCUT2D eigenvalue weighted by Crippen LogP contribution is 2.40. The molecule has 0 saturated heterocycles. The highest BCUT2D eigenvalue weighted by molar-refractivity contribution is 7.13. The van der Waals surface area contributed by atoms with E-state index in [0.29, 0.717) is 39.9 Å². The molecule has 6 rings (SSSR count). The number of carbonyl (C=O) groups excluding carboxylic acids is 1. The summed E-state index contributed by atoms with van der Waals surface area (Å²) in [5.41, 5.74) is 2.31. The average Bonchev–Trinajstić information content (AvgIpc) is 3.78. The summed E-state index contributed by atoms with van der Waals surface area (Å²) in [6.45, 7) is 0. The number of rotatable bonds is 7. The van der Waals surface area contributed by atoms with E-state index in [0.717, 1.165) is 36.9 Å². The maximum Gasteiger partial charge on any atom is 0.259 e. The van der Waals surface area contributed by atoms with Gasteiger partial charge in [0, 0.05) is 46.4 Å². The molecule has 0 unspecified atom stereocenters. The molecule has 0 atom stereocenters. The zero-order valence-electron chi connectivity index (χ0n) is 18.4. The van der Waals surface area contributed by atoms with Gasteiger partial charge in [-0.3, -0.25) is 9.78 Å². The molecular weight excluding hydrogens is 455 g/mol. The van der Waals surface area contributed by atoms with Crippen LogP contribution in [0.3, 0.4) is 0 Å². The Morgan fingerprint density at radius 1 is 1.24 bits per heavy atom. The Labute approximate surface area is 198 Å². The van der Waals surface area contributed by atoms with Crippen LogP contribution < -0.4 is 10.1 Å². The van der Waals surface area contributed by atoms with Gasteiger partial charge in [-0.05, 0) is 37.8 Å². The maximum atomic E-state index is 14.8. The molecular formula is C24H21FN6O2S. The van der Waals surface area contributed by atoms with Crippen LogP contribution in [0.4, 0.5) is 10.2 Å². The molecule has 1 N–H and O–H groups in total. The van der Waals surface area contributed by atoms with Gasteiger partial charge in [-0.25, -0.2) is 9.37 Å². The van der Waals surface area contributed by atoms with Crippen LogP contribution in [0.1, 0.15) is 53.7 Å². The lowest BCUT2D eigenvalue weighted by Gasteiger charge is -2.12. The summed E-state index contributed by atoms with van der Waals surface area (Å²) in [6, 6.07) is 7.04. The third kappa shape index (κ3) is 3.94. The van der Waals surface area contributed by atoms with Crippen molar-refractivity contribution in [1.29, 1.82) is 0 Å². The normalized spacial score (nSPS) is 15.4. The van der Waals surface area contributed by atoms with Crippen LogP contribution in [0.15, 0.2) is 42.2 Å². The summed E-state index contributed by atoms with van der Waals surface area (Å²) in [5.74, 6) is 0.613. The summed E-state index contributed by atoms with van der Waals surface area (Å²) >= 11 is 1.35. The zero-order valence-corrected chi connectivity index (χ0v) is 19.2. The second kappa shape index (κ2) is 8.28. The Kier molecular flexibility index (Phi) is 5.09. The molecule has 1 aromatic carbocycles. The lowest BCUT2D eigenvalue weighted by Crippen LogP contribution is -2.14. The fourth-order valence-electron chi connectivity index (χ4n) is 3.94. The highest BCUT2D eigenvalue weighted by Gasteiger charge is 2.28. The molecule has 3 heterocycles. The number of halogens is 1. The van der Waals surface area contributed by atoms with Crippen molar-refractivity contribution in [2.24, 2.45) is 0 Å². The van der Waals surface area contributed by atoms with Crippen molar-refractivity contribution in [2.75, 3.05) is 12.4 Å². The maximum absolute atomic E-state index is 14.8. The number of amides is 1. The highest BCUT2D eigenvalue weighted by atomic mass is 32.1. The van der Waals surface area contributed by atoms with Gasteiger partial charge in [0.25, 0.3) is 5.91 Å². The van der Waals surface area contributed by atoms with E-state index >= 15 is 0 Å². The monoisotopic (exact) mass is 476 g/mol. The molecule has 10 heteroatoms. The molecule has 2 aliphatic rings. The van der Waals surface area contributed by atoms with Crippen LogP contribution in [-0.4, -0.2) is 37.7 Å². The largest absolute Gasteiger partial charge is 0.496 e. The Balaban J connectivity index is 1.26. The Morgan fingerprint density at radius 3 is 2.79 bits per heavy atom.